The van der Waals surface area contributed by atoms with Crippen LogP contribution in [0.3, 0.4) is 0 Å². The molecule has 1 atom stereocenters. The molecule has 6 heteroatoms. The Morgan fingerprint density at radius 2 is 1.92 bits per heavy atom. The second-order valence-electron chi connectivity index (χ2n) is 7.66. The summed E-state index contributed by atoms with van der Waals surface area (Å²) in [6, 6.07) is 5.73. The number of fused-ring (bicyclic) bond motifs is 1. The van der Waals surface area contributed by atoms with Gasteiger partial charge in [0.15, 0.2) is 0 Å². The molecule has 144 valence electrons. The number of nitrogens with one attached hydrogen (secondary N) is 1. The fourth-order valence-corrected chi connectivity index (χ4v) is 5.60. The molecule has 1 aliphatic heterocycles. The highest BCUT2D eigenvalue weighted by Crippen LogP contribution is 2.28. The number of sulfonamides is 1. The van der Waals surface area contributed by atoms with Crippen LogP contribution in [0.2, 0.25) is 0 Å². The van der Waals surface area contributed by atoms with Crippen LogP contribution in [0, 0.1) is 5.92 Å². The maximum atomic E-state index is 13.0. The lowest BCUT2D eigenvalue weighted by atomic mass is 9.96. The Bertz CT molecular complexity index is 752. The molecule has 3 rings (SSSR count). The van der Waals surface area contributed by atoms with E-state index in [1.807, 2.05) is 19.1 Å². The molecule has 0 saturated carbocycles. The zero-order valence-electron chi connectivity index (χ0n) is 15.8. The van der Waals surface area contributed by atoms with Crippen molar-refractivity contribution in [2.24, 2.45) is 5.92 Å². The molecule has 1 aromatic rings. The smallest absolute Gasteiger partial charge is 0.243 e. The zero-order chi connectivity index (χ0) is 18.7. The van der Waals surface area contributed by atoms with Gasteiger partial charge < -0.3 is 5.32 Å². The molecule has 1 fully saturated rings. The summed E-state index contributed by atoms with van der Waals surface area (Å²) < 4.78 is 27.4. The number of hydrogen-bond donors (Lipinski definition) is 1. The van der Waals surface area contributed by atoms with Crippen LogP contribution in [0.5, 0.6) is 0 Å². The summed E-state index contributed by atoms with van der Waals surface area (Å²) in [5.74, 6) is -0.0127. The lowest BCUT2D eigenvalue weighted by Gasteiger charge is -2.31. The van der Waals surface area contributed by atoms with Crippen molar-refractivity contribution >= 4 is 15.9 Å². The minimum atomic E-state index is -3.46. The van der Waals surface area contributed by atoms with E-state index in [2.05, 4.69) is 12.2 Å². The summed E-state index contributed by atoms with van der Waals surface area (Å²) in [5, 5.41) is 3.06. The molecule has 1 N–H and O–H groups in total. The monoisotopic (exact) mass is 378 g/mol. The highest BCUT2D eigenvalue weighted by molar-refractivity contribution is 7.89. The first kappa shape index (κ1) is 19.4. The Hall–Kier alpha value is -1.40. The van der Waals surface area contributed by atoms with Gasteiger partial charge in [-0.1, -0.05) is 19.4 Å². The van der Waals surface area contributed by atoms with E-state index < -0.39 is 10.0 Å². The predicted octanol–water partition coefficient (Wildman–Crippen LogP) is 2.88. The van der Waals surface area contributed by atoms with E-state index in [1.54, 1.807) is 10.4 Å². The first-order valence-corrected chi connectivity index (χ1v) is 11.3. The van der Waals surface area contributed by atoms with Gasteiger partial charge in [0.25, 0.3) is 0 Å². The Balaban J connectivity index is 1.61. The highest BCUT2D eigenvalue weighted by Gasteiger charge is 2.32. The van der Waals surface area contributed by atoms with Gasteiger partial charge in [-0.15, -0.1) is 0 Å². The number of hydrogen-bond acceptors (Lipinski definition) is 3. The molecule has 2 aliphatic rings. The second-order valence-corrected chi connectivity index (χ2v) is 9.60. The van der Waals surface area contributed by atoms with E-state index >= 15 is 0 Å². The van der Waals surface area contributed by atoms with Crippen molar-refractivity contribution in [2.75, 3.05) is 13.1 Å². The van der Waals surface area contributed by atoms with Crippen molar-refractivity contribution in [3.8, 4) is 0 Å². The molecule has 1 heterocycles. The first-order chi connectivity index (χ1) is 12.4. The van der Waals surface area contributed by atoms with Crippen molar-refractivity contribution in [3.63, 3.8) is 0 Å². The van der Waals surface area contributed by atoms with Crippen LogP contribution >= 0.6 is 0 Å². The Labute approximate surface area is 157 Å². The van der Waals surface area contributed by atoms with Crippen LogP contribution < -0.4 is 5.32 Å². The van der Waals surface area contributed by atoms with Crippen LogP contribution in [0.4, 0.5) is 0 Å². The van der Waals surface area contributed by atoms with E-state index in [1.165, 1.54) is 11.1 Å². The quantitative estimate of drug-likeness (QED) is 0.828. The summed E-state index contributed by atoms with van der Waals surface area (Å²) in [4.78, 5) is 12.8. The molecule has 1 aromatic carbocycles. The number of nitrogens with zero attached hydrogens (tertiary/aromatic N) is 1. The Morgan fingerprint density at radius 3 is 2.62 bits per heavy atom. The van der Waals surface area contributed by atoms with Crippen LogP contribution in [0.1, 0.15) is 57.1 Å². The SMILES string of the molecule is CCC[C@@H](C)NC(=O)C1CCN(S(=O)(=O)c2ccc3c(c2)CCC3)CC1. The van der Waals surface area contributed by atoms with Crippen molar-refractivity contribution in [1.82, 2.24) is 9.62 Å². The number of aryl methyl sites for hydroxylation is 2. The molecule has 0 unspecified atom stereocenters. The standard InChI is InChI=1S/C20H30N2O3S/c1-3-5-15(2)21-20(23)17-10-12-22(13-11-17)26(24,25)19-9-8-16-6-4-7-18(16)14-19/h8-9,14-15,17H,3-7,10-13H2,1-2H3,(H,21,23)/t15-/m1/s1. The van der Waals surface area contributed by atoms with Crippen LogP contribution in [0.25, 0.3) is 0 Å². The van der Waals surface area contributed by atoms with E-state index in [0.29, 0.717) is 30.8 Å². The van der Waals surface area contributed by atoms with Gasteiger partial charge >= 0.3 is 0 Å². The number of rotatable bonds is 6. The topological polar surface area (TPSA) is 66.5 Å². The molecular weight excluding hydrogens is 348 g/mol. The largest absolute Gasteiger partial charge is 0.353 e. The molecule has 1 saturated heterocycles. The Kier molecular flexibility index (Phi) is 6.03. The molecule has 1 amide bonds. The van der Waals surface area contributed by atoms with Gasteiger partial charge in [0.1, 0.15) is 0 Å². The van der Waals surface area contributed by atoms with Crippen LogP contribution in [-0.4, -0.2) is 37.8 Å². The summed E-state index contributed by atoms with van der Waals surface area (Å²) >= 11 is 0. The summed E-state index contributed by atoms with van der Waals surface area (Å²) in [6.45, 7) is 4.96. The van der Waals surface area contributed by atoms with E-state index in [0.717, 1.165) is 32.1 Å². The van der Waals surface area contributed by atoms with Crippen molar-refractivity contribution in [1.29, 1.82) is 0 Å². The van der Waals surface area contributed by atoms with Gasteiger partial charge in [-0.25, -0.2) is 8.42 Å². The van der Waals surface area contributed by atoms with Crippen molar-refractivity contribution < 1.29 is 13.2 Å². The molecule has 26 heavy (non-hydrogen) atoms. The second kappa shape index (κ2) is 8.09. The number of carbonyl (C=O) groups excluding carboxylic acids is 1. The number of benzene rings is 1. The van der Waals surface area contributed by atoms with Gasteiger partial charge in [0, 0.05) is 25.0 Å². The van der Waals surface area contributed by atoms with Gasteiger partial charge in [-0.3, -0.25) is 4.79 Å². The molecule has 5 nitrogen and oxygen atoms in total. The van der Waals surface area contributed by atoms with Crippen molar-refractivity contribution in [2.45, 2.75) is 69.7 Å². The first-order valence-electron chi connectivity index (χ1n) is 9.84. The molecule has 1 aliphatic carbocycles. The molecule has 0 spiro atoms. The lowest BCUT2D eigenvalue weighted by molar-refractivity contribution is -0.126. The highest BCUT2D eigenvalue weighted by atomic mass is 32.2. The molecule has 0 radical (unpaired) electrons. The minimum Gasteiger partial charge on any atom is -0.353 e. The van der Waals surface area contributed by atoms with E-state index in [-0.39, 0.29) is 17.9 Å². The fraction of sp³-hybridized carbons (Fsp3) is 0.650. The van der Waals surface area contributed by atoms with Gasteiger partial charge in [-0.05, 0) is 68.7 Å². The summed E-state index contributed by atoms with van der Waals surface area (Å²) in [5.41, 5.74) is 2.45. The molecular formula is C20H30N2O3S. The summed E-state index contributed by atoms with van der Waals surface area (Å²) in [6.07, 6.45) is 6.32. The van der Waals surface area contributed by atoms with Gasteiger partial charge in [0.05, 0.1) is 4.90 Å². The predicted molar refractivity (Wildman–Crippen MR) is 102 cm³/mol. The average molecular weight is 379 g/mol. The van der Waals surface area contributed by atoms with E-state index in [9.17, 15) is 13.2 Å². The summed E-state index contributed by atoms with van der Waals surface area (Å²) in [7, 11) is -3.46. The van der Waals surface area contributed by atoms with Gasteiger partial charge in [0.2, 0.25) is 15.9 Å². The lowest BCUT2D eigenvalue weighted by Crippen LogP contribution is -2.44. The fourth-order valence-electron chi connectivity index (χ4n) is 4.08. The number of amides is 1. The molecule has 0 bridgehead atoms. The third-order valence-electron chi connectivity index (χ3n) is 5.64. The number of piperidine rings is 1. The third-order valence-corrected chi connectivity index (χ3v) is 7.54. The Morgan fingerprint density at radius 1 is 1.23 bits per heavy atom. The number of carbonyl (C=O) groups is 1. The maximum absolute atomic E-state index is 13.0. The van der Waals surface area contributed by atoms with Crippen LogP contribution in [-0.2, 0) is 27.7 Å². The third kappa shape index (κ3) is 4.12. The minimum absolute atomic E-state index is 0.0699. The van der Waals surface area contributed by atoms with Crippen molar-refractivity contribution in [3.05, 3.63) is 29.3 Å². The normalized spacial score (nSPS) is 19.9. The van der Waals surface area contributed by atoms with E-state index in [4.69, 9.17) is 0 Å². The molecule has 0 aromatic heterocycles. The zero-order valence-corrected chi connectivity index (χ0v) is 16.6. The maximum Gasteiger partial charge on any atom is 0.243 e. The van der Waals surface area contributed by atoms with Crippen LogP contribution in [0.15, 0.2) is 23.1 Å². The van der Waals surface area contributed by atoms with Gasteiger partial charge in [-0.2, -0.15) is 4.31 Å². The average Bonchev–Trinajstić information content (AvgIpc) is 3.09.